The summed E-state index contributed by atoms with van der Waals surface area (Å²) in [6.07, 6.45) is 0.216. The van der Waals surface area contributed by atoms with Gasteiger partial charge in [0.25, 0.3) is 5.91 Å². The monoisotopic (exact) mass is 582 g/mol. The van der Waals surface area contributed by atoms with Gasteiger partial charge in [-0.15, -0.1) is 0 Å². The Balaban J connectivity index is 1.43. The third-order valence-corrected chi connectivity index (χ3v) is 8.29. The number of halogens is 1. The number of benzene rings is 3. The zero-order valence-electron chi connectivity index (χ0n) is 23.1. The van der Waals surface area contributed by atoms with E-state index in [1.54, 1.807) is 0 Å². The van der Waals surface area contributed by atoms with Crippen LogP contribution in [-0.4, -0.2) is 69.6 Å². The zero-order chi connectivity index (χ0) is 29.5. The lowest BCUT2D eigenvalue weighted by Gasteiger charge is -2.35. The molecule has 3 N–H and O–H groups in total. The van der Waals surface area contributed by atoms with E-state index in [1.165, 1.54) is 48.5 Å². The normalized spacial score (nSPS) is 15.2. The van der Waals surface area contributed by atoms with Gasteiger partial charge in [0.2, 0.25) is 15.9 Å². The third kappa shape index (κ3) is 8.92. The summed E-state index contributed by atoms with van der Waals surface area (Å²) >= 11 is 0. The standard InChI is InChI=1S/C30H35FN4O5S/c1-30(2,21-35-16-18-40-19-17-35)34-41(38,39)26-14-12-25(13-15-26)32-29(37)27(20-22-6-4-3-5-7-22)33-28(36)23-8-10-24(31)11-9-23/h3-15,27,34H,16-21H2,1-2H3,(H,32,37)(H,33,36). The number of morpholine rings is 1. The fourth-order valence-corrected chi connectivity index (χ4v) is 6.03. The second-order valence-electron chi connectivity index (χ2n) is 10.6. The summed E-state index contributed by atoms with van der Waals surface area (Å²) in [5, 5.41) is 5.49. The van der Waals surface area contributed by atoms with Crippen molar-refractivity contribution in [2.75, 3.05) is 38.2 Å². The number of ether oxygens (including phenoxy) is 1. The van der Waals surface area contributed by atoms with Crippen LogP contribution in [0.4, 0.5) is 10.1 Å². The molecule has 3 aromatic carbocycles. The summed E-state index contributed by atoms with van der Waals surface area (Å²) in [6.45, 7) is 6.94. The van der Waals surface area contributed by atoms with Gasteiger partial charge in [0.1, 0.15) is 11.9 Å². The highest BCUT2D eigenvalue weighted by molar-refractivity contribution is 7.89. The summed E-state index contributed by atoms with van der Waals surface area (Å²) in [4.78, 5) is 28.3. The summed E-state index contributed by atoms with van der Waals surface area (Å²) in [5.74, 6) is -1.47. The van der Waals surface area contributed by atoms with E-state index in [0.29, 0.717) is 25.4 Å². The van der Waals surface area contributed by atoms with Crippen LogP contribution in [0.2, 0.25) is 0 Å². The molecule has 1 aliphatic rings. The molecule has 1 heterocycles. The molecule has 0 radical (unpaired) electrons. The first-order valence-electron chi connectivity index (χ1n) is 13.4. The van der Waals surface area contributed by atoms with Crippen molar-refractivity contribution in [2.45, 2.75) is 36.7 Å². The van der Waals surface area contributed by atoms with E-state index in [0.717, 1.165) is 18.7 Å². The van der Waals surface area contributed by atoms with Gasteiger partial charge in [0, 0.05) is 42.8 Å². The van der Waals surface area contributed by atoms with Crippen LogP contribution in [0.1, 0.15) is 29.8 Å². The van der Waals surface area contributed by atoms with E-state index in [2.05, 4.69) is 20.3 Å². The fraction of sp³-hybridized carbons (Fsp3) is 0.333. The first kappa shape index (κ1) is 30.3. The Hall–Kier alpha value is -3.64. The number of amides is 2. The summed E-state index contributed by atoms with van der Waals surface area (Å²) < 4.78 is 47.6. The van der Waals surface area contributed by atoms with Crippen LogP contribution in [0, 0.1) is 5.82 Å². The molecule has 11 heteroatoms. The van der Waals surface area contributed by atoms with Gasteiger partial charge in [-0.05, 0) is 67.9 Å². The molecule has 0 aromatic heterocycles. The number of nitrogens with one attached hydrogen (secondary N) is 3. The number of hydrogen-bond acceptors (Lipinski definition) is 6. The summed E-state index contributed by atoms with van der Waals surface area (Å²) in [5.41, 5.74) is 0.710. The van der Waals surface area contributed by atoms with Gasteiger partial charge >= 0.3 is 0 Å². The molecule has 0 bridgehead atoms. The highest BCUT2D eigenvalue weighted by Crippen LogP contribution is 2.18. The highest BCUT2D eigenvalue weighted by Gasteiger charge is 2.29. The zero-order valence-corrected chi connectivity index (χ0v) is 23.9. The highest BCUT2D eigenvalue weighted by atomic mass is 32.2. The van der Waals surface area contributed by atoms with Crippen molar-refractivity contribution >= 4 is 27.5 Å². The molecule has 1 fully saturated rings. The van der Waals surface area contributed by atoms with E-state index in [4.69, 9.17) is 4.74 Å². The minimum atomic E-state index is -3.82. The predicted octanol–water partition coefficient (Wildman–Crippen LogP) is 3.19. The Morgan fingerprint density at radius 3 is 2.22 bits per heavy atom. The average molecular weight is 583 g/mol. The first-order valence-corrected chi connectivity index (χ1v) is 14.8. The van der Waals surface area contributed by atoms with Crippen molar-refractivity contribution < 1.29 is 27.1 Å². The number of carbonyl (C=O) groups excluding carboxylic acids is 2. The molecule has 4 rings (SSSR count). The largest absolute Gasteiger partial charge is 0.379 e. The van der Waals surface area contributed by atoms with Gasteiger partial charge in [-0.25, -0.2) is 17.5 Å². The van der Waals surface area contributed by atoms with E-state index < -0.39 is 39.2 Å². The Labute approximate surface area is 240 Å². The van der Waals surface area contributed by atoms with Crippen molar-refractivity contribution in [3.05, 3.63) is 95.8 Å². The van der Waals surface area contributed by atoms with Crippen LogP contribution >= 0.6 is 0 Å². The lowest BCUT2D eigenvalue weighted by molar-refractivity contribution is -0.118. The van der Waals surface area contributed by atoms with Gasteiger partial charge in [-0.1, -0.05) is 30.3 Å². The molecular formula is C30H35FN4O5S. The number of sulfonamides is 1. The van der Waals surface area contributed by atoms with E-state index in [-0.39, 0.29) is 16.9 Å². The van der Waals surface area contributed by atoms with Crippen LogP contribution in [0.3, 0.4) is 0 Å². The minimum Gasteiger partial charge on any atom is -0.379 e. The molecule has 3 aromatic rings. The Bertz CT molecular complexity index is 1430. The van der Waals surface area contributed by atoms with Crippen LogP contribution in [0.5, 0.6) is 0 Å². The van der Waals surface area contributed by atoms with Crippen molar-refractivity contribution in [3.8, 4) is 0 Å². The Morgan fingerprint density at radius 1 is 0.951 bits per heavy atom. The molecule has 0 saturated carbocycles. The SMILES string of the molecule is CC(C)(CN1CCOCC1)NS(=O)(=O)c1ccc(NC(=O)C(Cc2ccccc2)NC(=O)c2ccc(F)cc2)cc1. The Kier molecular flexibility index (Phi) is 9.87. The fourth-order valence-electron chi connectivity index (χ4n) is 4.62. The topological polar surface area (TPSA) is 117 Å². The minimum absolute atomic E-state index is 0.0657. The van der Waals surface area contributed by atoms with Crippen molar-refractivity contribution in [1.29, 1.82) is 0 Å². The van der Waals surface area contributed by atoms with Gasteiger partial charge in [0.05, 0.1) is 18.1 Å². The smallest absolute Gasteiger partial charge is 0.251 e. The van der Waals surface area contributed by atoms with Crippen molar-refractivity contribution in [3.63, 3.8) is 0 Å². The van der Waals surface area contributed by atoms with Crippen LogP contribution in [-0.2, 0) is 26.0 Å². The van der Waals surface area contributed by atoms with Gasteiger partial charge < -0.3 is 15.4 Å². The van der Waals surface area contributed by atoms with Gasteiger partial charge in [-0.3, -0.25) is 14.5 Å². The number of hydrogen-bond donors (Lipinski definition) is 3. The number of rotatable bonds is 11. The number of anilines is 1. The Morgan fingerprint density at radius 2 is 1.59 bits per heavy atom. The number of nitrogens with zero attached hydrogens (tertiary/aromatic N) is 1. The molecule has 1 atom stereocenters. The van der Waals surface area contributed by atoms with Crippen molar-refractivity contribution in [2.24, 2.45) is 0 Å². The van der Waals surface area contributed by atoms with Crippen LogP contribution in [0.25, 0.3) is 0 Å². The quantitative estimate of drug-likeness (QED) is 0.320. The third-order valence-electron chi connectivity index (χ3n) is 6.58. The predicted molar refractivity (Wildman–Crippen MR) is 155 cm³/mol. The van der Waals surface area contributed by atoms with Gasteiger partial charge in [0.15, 0.2) is 0 Å². The lowest BCUT2D eigenvalue weighted by Crippen LogP contribution is -2.53. The van der Waals surface area contributed by atoms with E-state index in [9.17, 15) is 22.4 Å². The molecular weight excluding hydrogens is 547 g/mol. The van der Waals surface area contributed by atoms with E-state index in [1.807, 2.05) is 44.2 Å². The number of carbonyl (C=O) groups is 2. The molecule has 2 amide bonds. The molecule has 1 aliphatic heterocycles. The van der Waals surface area contributed by atoms with Crippen LogP contribution < -0.4 is 15.4 Å². The molecule has 1 saturated heterocycles. The second-order valence-corrected chi connectivity index (χ2v) is 12.3. The molecule has 1 unspecified atom stereocenters. The maximum Gasteiger partial charge on any atom is 0.251 e. The lowest BCUT2D eigenvalue weighted by atomic mass is 10.0. The molecule has 9 nitrogen and oxygen atoms in total. The molecule has 0 spiro atoms. The second kappa shape index (κ2) is 13.3. The first-order chi connectivity index (χ1) is 19.5. The van der Waals surface area contributed by atoms with Crippen molar-refractivity contribution in [1.82, 2.24) is 14.9 Å². The molecule has 0 aliphatic carbocycles. The maximum absolute atomic E-state index is 13.3. The average Bonchev–Trinajstić information content (AvgIpc) is 2.93. The van der Waals surface area contributed by atoms with Crippen LogP contribution in [0.15, 0.2) is 83.8 Å². The van der Waals surface area contributed by atoms with Gasteiger partial charge in [-0.2, -0.15) is 0 Å². The van der Waals surface area contributed by atoms with E-state index >= 15 is 0 Å². The summed E-state index contributed by atoms with van der Waals surface area (Å²) in [6, 6.07) is 19.2. The summed E-state index contributed by atoms with van der Waals surface area (Å²) in [7, 11) is -3.82. The molecule has 41 heavy (non-hydrogen) atoms. The maximum atomic E-state index is 13.3. The molecule has 218 valence electrons.